The van der Waals surface area contributed by atoms with Crippen molar-refractivity contribution in [2.24, 2.45) is 0 Å². The molecule has 3 aromatic rings. The van der Waals surface area contributed by atoms with Crippen molar-refractivity contribution >= 4 is 28.3 Å². The second-order valence-electron chi connectivity index (χ2n) is 6.03. The van der Waals surface area contributed by atoms with E-state index in [2.05, 4.69) is 24.1 Å². The molecule has 0 aliphatic carbocycles. The topological polar surface area (TPSA) is 71.8 Å². The zero-order valence-corrected chi connectivity index (χ0v) is 15.6. The zero-order valence-electron chi connectivity index (χ0n) is 15.6. The Bertz CT molecular complexity index is 1020. The maximum absolute atomic E-state index is 12.5. The number of ether oxygens (including phenoxy) is 1. The third kappa shape index (κ3) is 3.95. The van der Waals surface area contributed by atoms with Gasteiger partial charge < -0.3 is 19.4 Å². The van der Waals surface area contributed by atoms with Gasteiger partial charge in [-0.3, -0.25) is 4.79 Å². The average Bonchev–Trinajstić information content (AvgIpc) is 2.68. The molecule has 0 bridgehead atoms. The molecule has 0 radical (unpaired) electrons. The quantitative estimate of drug-likeness (QED) is 0.670. The van der Waals surface area contributed by atoms with Gasteiger partial charge >= 0.3 is 5.63 Å². The molecule has 0 aliphatic heterocycles. The number of fused-ring (bicyclic) bond motifs is 1. The van der Waals surface area contributed by atoms with Crippen LogP contribution < -0.4 is 20.6 Å². The van der Waals surface area contributed by atoms with Crippen molar-refractivity contribution < 1.29 is 13.9 Å². The van der Waals surface area contributed by atoms with Crippen LogP contribution in [0.4, 0.5) is 11.4 Å². The summed E-state index contributed by atoms with van der Waals surface area (Å²) in [6.45, 7) is 5.84. The first kappa shape index (κ1) is 18.5. The number of rotatable bonds is 6. The number of nitrogens with zero attached hydrogens (tertiary/aromatic N) is 1. The van der Waals surface area contributed by atoms with Gasteiger partial charge in [-0.15, -0.1) is 0 Å². The number of hydrogen-bond donors (Lipinski definition) is 1. The Hall–Kier alpha value is -3.28. The van der Waals surface area contributed by atoms with Gasteiger partial charge in [-0.2, -0.15) is 0 Å². The van der Waals surface area contributed by atoms with E-state index in [0.29, 0.717) is 22.4 Å². The molecule has 1 N–H and O–H groups in total. The van der Waals surface area contributed by atoms with E-state index < -0.39 is 11.5 Å². The Balaban J connectivity index is 1.92. The number of carbonyl (C=O) groups excluding carboxylic acids is 1. The molecule has 0 saturated carbocycles. The van der Waals surface area contributed by atoms with E-state index in [0.717, 1.165) is 18.8 Å². The summed E-state index contributed by atoms with van der Waals surface area (Å²) in [5.41, 5.74) is 1.27. The number of hydrogen-bond acceptors (Lipinski definition) is 5. The van der Waals surface area contributed by atoms with Crippen LogP contribution in [0.1, 0.15) is 24.2 Å². The molecule has 1 aromatic heterocycles. The molecule has 6 nitrogen and oxygen atoms in total. The van der Waals surface area contributed by atoms with Gasteiger partial charge in [0.25, 0.3) is 5.91 Å². The Morgan fingerprint density at radius 3 is 2.59 bits per heavy atom. The summed E-state index contributed by atoms with van der Waals surface area (Å²) >= 11 is 0. The van der Waals surface area contributed by atoms with E-state index in [-0.39, 0.29) is 5.56 Å². The van der Waals surface area contributed by atoms with Crippen molar-refractivity contribution in [1.82, 2.24) is 0 Å². The summed E-state index contributed by atoms with van der Waals surface area (Å²) < 4.78 is 10.5. The minimum Gasteiger partial charge on any atom is -0.497 e. The van der Waals surface area contributed by atoms with E-state index >= 15 is 0 Å². The van der Waals surface area contributed by atoms with Crippen molar-refractivity contribution in [1.29, 1.82) is 0 Å². The van der Waals surface area contributed by atoms with Gasteiger partial charge in [0.2, 0.25) is 0 Å². The predicted octanol–water partition coefficient (Wildman–Crippen LogP) is 3.90. The molecule has 0 aliphatic rings. The Kier molecular flexibility index (Phi) is 5.45. The summed E-state index contributed by atoms with van der Waals surface area (Å²) in [6, 6.07) is 14.1. The van der Waals surface area contributed by atoms with Gasteiger partial charge in [0.05, 0.1) is 7.11 Å². The highest BCUT2D eigenvalue weighted by Gasteiger charge is 2.15. The van der Waals surface area contributed by atoms with E-state index in [4.69, 9.17) is 9.15 Å². The normalized spacial score (nSPS) is 10.6. The highest BCUT2D eigenvalue weighted by atomic mass is 16.5. The molecule has 2 aromatic carbocycles. The van der Waals surface area contributed by atoms with Crippen LogP contribution in [-0.4, -0.2) is 26.1 Å². The molecule has 0 saturated heterocycles. The molecule has 6 heteroatoms. The summed E-state index contributed by atoms with van der Waals surface area (Å²) in [5, 5.41) is 3.39. The van der Waals surface area contributed by atoms with E-state index in [9.17, 15) is 9.59 Å². The third-order valence-corrected chi connectivity index (χ3v) is 4.42. The van der Waals surface area contributed by atoms with E-state index in [1.54, 1.807) is 37.4 Å². The number of amides is 1. The van der Waals surface area contributed by atoms with Crippen LogP contribution in [-0.2, 0) is 0 Å². The molecule has 1 heterocycles. The molecule has 0 spiro atoms. The molecule has 140 valence electrons. The average molecular weight is 366 g/mol. The van der Waals surface area contributed by atoms with Crippen LogP contribution in [0.5, 0.6) is 5.75 Å². The summed E-state index contributed by atoms with van der Waals surface area (Å²) in [7, 11) is 1.55. The lowest BCUT2D eigenvalue weighted by Crippen LogP contribution is -2.22. The first-order chi connectivity index (χ1) is 13.0. The number of nitrogens with one attached hydrogen (secondary N) is 1. The maximum Gasteiger partial charge on any atom is 0.349 e. The molecule has 1 amide bonds. The van der Waals surface area contributed by atoms with Crippen molar-refractivity contribution in [3.8, 4) is 5.75 Å². The van der Waals surface area contributed by atoms with Crippen LogP contribution in [0, 0.1) is 0 Å². The van der Waals surface area contributed by atoms with Gasteiger partial charge in [-0.1, -0.05) is 6.07 Å². The minimum atomic E-state index is -0.667. The van der Waals surface area contributed by atoms with Crippen LogP contribution in [0.3, 0.4) is 0 Å². The summed E-state index contributed by atoms with van der Waals surface area (Å²) in [5.74, 6) is 0.0917. The number of benzene rings is 2. The number of carbonyl (C=O) groups is 1. The lowest BCUT2D eigenvalue weighted by atomic mass is 10.1. The van der Waals surface area contributed by atoms with Gasteiger partial charge in [0.15, 0.2) is 0 Å². The van der Waals surface area contributed by atoms with E-state index in [1.807, 2.05) is 18.2 Å². The van der Waals surface area contributed by atoms with Gasteiger partial charge in [-0.25, -0.2) is 4.79 Å². The van der Waals surface area contributed by atoms with Gasteiger partial charge in [0, 0.05) is 42.0 Å². The second-order valence-corrected chi connectivity index (χ2v) is 6.03. The van der Waals surface area contributed by atoms with Crippen molar-refractivity contribution in [2.75, 3.05) is 30.4 Å². The molecule has 0 fully saturated rings. The SMILES string of the molecule is CCN(CC)c1ccc2cc(C(=O)Nc3cccc(OC)c3)c(=O)oc2c1. The maximum atomic E-state index is 12.5. The van der Waals surface area contributed by atoms with Crippen LogP contribution >= 0.6 is 0 Å². The summed E-state index contributed by atoms with van der Waals surface area (Å²) in [6.07, 6.45) is 0. The Morgan fingerprint density at radius 1 is 1.11 bits per heavy atom. The zero-order chi connectivity index (χ0) is 19.4. The van der Waals surface area contributed by atoms with Crippen molar-refractivity contribution in [2.45, 2.75) is 13.8 Å². The van der Waals surface area contributed by atoms with Crippen LogP contribution in [0.15, 0.2) is 57.7 Å². The van der Waals surface area contributed by atoms with Gasteiger partial charge in [0.1, 0.15) is 16.9 Å². The highest BCUT2D eigenvalue weighted by Crippen LogP contribution is 2.22. The molecular formula is C21H22N2O4. The number of methoxy groups -OCH3 is 1. The van der Waals surface area contributed by atoms with Gasteiger partial charge in [-0.05, 0) is 44.2 Å². The largest absolute Gasteiger partial charge is 0.497 e. The first-order valence-corrected chi connectivity index (χ1v) is 8.84. The fourth-order valence-electron chi connectivity index (χ4n) is 2.94. The predicted molar refractivity (Wildman–Crippen MR) is 107 cm³/mol. The van der Waals surface area contributed by atoms with Crippen LogP contribution in [0.25, 0.3) is 11.0 Å². The lowest BCUT2D eigenvalue weighted by molar-refractivity contribution is 0.102. The fraction of sp³-hybridized carbons (Fsp3) is 0.238. The molecule has 27 heavy (non-hydrogen) atoms. The Labute approximate surface area is 157 Å². The third-order valence-electron chi connectivity index (χ3n) is 4.42. The number of anilines is 2. The van der Waals surface area contributed by atoms with Crippen LogP contribution in [0.2, 0.25) is 0 Å². The highest BCUT2D eigenvalue weighted by molar-refractivity contribution is 6.05. The molecule has 3 rings (SSSR count). The van der Waals surface area contributed by atoms with E-state index in [1.165, 1.54) is 0 Å². The molecule has 0 unspecified atom stereocenters. The second kappa shape index (κ2) is 7.95. The monoisotopic (exact) mass is 366 g/mol. The molecular weight excluding hydrogens is 344 g/mol. The van der Waals surface area contributed by atoms with Crippen molar-refractivity contribution in [3.05, 3.63) is 64.5 Å². The minimum absolute atomic E-state index is 0.0408. The lowest BCUT2D eigenvalue weighted by Gasteiger charge is -2.21. The standard InChI is InChI=1S/C21H22N2O4/c1-4-23(5-2)16-10-9-14-11-18(21(25)27-19(14)13-16)20(24)22-15-7-6-8-17(12-15)26-3/h6-13H,4-5H2,1-3H3,(H,22,24). The smallest absolute Gasteiger partial charge is 0.349 e. The Morgan fingerprint density at radius 2 is 1.89 bits per heavy atom. The first-order valence-electron chi connectivity index (χ1n) is 8.84. The summed E-state index contributed by atoms with van der Waals surface area (Å²) in [4.78, 5) is 27.0. The molecule has 0 atom stereocenters. The van der Waals surface area contributed by atoms with Crippen molar-refractivity contribution in [3.63, 3.8) is 0 Å². The fourth-order valence-corrected chi connectivity index (χ4v) is 2.94.